The van der Waals surface area contributed by atoms with E-state index in [9.17, 15) is 14.4 Å². The number of amides is 3. The van der Waals surface area contributed by atoms with Crippen LogP contribution in [0.5, 0.6) is 5.75 Å². The fourth-order valence-corrected chi connectivity index (χ4v) is 5.22. The summed E-state index contributed by atoms with van der Waals surface area (Å²) in [7, 11) is 3.11. The van der Waals surface area contributed by atoms with Gasteiger partial charge in [0.2, 0.25) is 5.95 Å². The molecule has 4 aromatic rings. The molecule has 1 aliphatic rings. The molecule has 13 heteroatoms. The van der Waals surface area contributed by atoms with Gasteiger partial charge in [-0.05, 0) is 83.1 Å². The topological polar surface area (TPSA) is 172 Å². The van der Waals surface area contributed by atoms with Crippen molar-refractivity contribution in [3.8, 4) is 16.9 Å². The zero-order chi connectivity index (χ0) is 31.2. The number of ether oxygens (including phenoxy) is 1. The highest BCUT2D eigenvalue weighted by Crippen LogP contribution is 2.36. The molecular weight excluding hydrogens is 675 g/mol. The molecule has 5 rings (SSSR count). The number of hydrogen-bond acceptors (Lipinski definition) is 9. The van der Waals surface area contributed by atoms with Crippen LogP contribution in [-0.4, -0.2) is 61.0 Å². The van der Waals surface area contributed by atoms with Crippen molar-refractivity contribution in [3.05, 3.63) is 87.1 Å². The van der Waals surface area contributed by atoms with Gasteiger partial charge in [0.25, 0.3) is 17.7 Å². The predicted molar refractivity (Wildman–Crippen MR) is 177 cm³/mol. The molecule has 1 saturated heterocycles. The van der Waals surface area contributed by atoms with E-state index in [1.165, 1.54) is 7.11 Å². The Morgan fingerprint density at radius 3 is 2.45 bits per heavy atom. The van der Waals surface area contributed by atoms with Gasteiger partial charge in [-0.2, -0.15) is 4.98 Å². The smallest absolute Gasteiger partial charge is 0.252 e. The molecule has 3 aromatic carbocycles. The molecule has 1 atom stereocenters. The second-order valence-corrected chi connectivity index (χ2v) is 11.1. The van der Waals surface area contributed by atoms with Crippen molar-refractivity contribution >= 4 is 63.5 Å². The molecule has 1 fully saturated rings. The SMILES string of the molecule is CNC(=O)c1ccc(-c2cc(OC)c(Nc3ncc(I)c(Nc4ccccc4C(N)=O)n3)cc2C(=O)N[C@@H]2CCNC2)cc1. The Bertz CT molecular complexity index is 1710. The Morgan fingerprint density at radius 2 is 1.77 bits per heavy atom. The largest absolute Gasteiger partial charge is 0.495 e. The van der Waals surface area contributed by atoms with Crippen LogP contribution in [0.4, 0.5) is 23.1 Å². The fraction of sp³-hybridized carbons (Fsp3) is 0.194. The first-order chi connectivity index (χ1) is 21.3. The van der Waals surface area contributed by atoms with Crippen LogP contribution in [0.25, 0.3) is 11.1 Å². The van der Waals surface area contributed by atoms with Gasteiger partial charge < -0.3 is 37.1 Å². The molecular formula is C31H31IN8O4. The van der Waals surface area contributed by atoms with Crippen LogP contribution in [0.2, 0.25) is 0 Å². The summed E-state index contributed by atoms with van der Waals surface area (Å²) in [4.78, 5) is 46.7. The summed E-state index contributed by atoms with van der Waals surface area (Å²) in [5.74, 6) is 0.119. The van der Waals surface area contributed by atoms with E-state index in [0.29, 0.717) is 55.3 Å². The average molecular weight is 707 g/mol. The van der Waals surface area contributed by atoms with E-state index in [4.69, 9.17) is 10.5 Å². The van der Waals surface area contributed by atoms with E-state index in [1.54, 1.807) is 73.9 Å². The summed E-state index contributed by atoms with van der Waals surface area (Å²) in [5, 5.41) is 15.3. The predicted octanol–water partition coefficient (Wildman–Crippen LogP) is 3.79. The standard InChI is InChI=1S/C31H31IN8O4/c1-34-29(42)18-9-7-17(8-10-18)21-14-26(44-2)25(13-22(21)30(43)37-19-11-12-35-15-19)39-31-36-16-23(32)28(40-31)38-24-6-4-3-5-20(24)27(33)41/h3-10,13-14,16,19,35H,11-12,15H2,1-2H3,(H2,33,41)(H,34,42)(H,37,43)(H2,36,38,39,40)/t19-/m1/s1. The van der Waals surface area contributed by atoms with Crippen molar-refractivity contribution < 1.29 is 19.1 Å². The number of para-hydroxylation sites is 1. The lowest BCUT2D eigenvalue weighted by Gasteiger charge is -2.19. The Kier molecular flexibility index (Phi) is 9.55. The molecule has 0 saturated carbocycles. The molecule has 0 aliphatic carbocycles. The summed E-state index contributed by atoms with van der Waals surface area (Å²) >= 11 is 2.10. The number of benzene rings is 3. The molecule has 226 valence electrons. The minimum Gasteiger partial charge on any atom is -0.495 e. The molecule has 1 aromatic heterocycles. The van der Waals surface area contributed by atoms with Crippen molar-refractivity contribution in [3.63, 3.8) is 0 Å². The molecule has 1 aliphatic heterocycles. The summed E-state index contributed by atoms with van der Waals surface area (Å²) in [6, 6.07) is 17.4. The molecule has 0 spiro atoms. The lowest BCUT2D eigenvalue weighted by atomic mass is 9.96. The number of rotatable bonds is 10. The van der Waals surface area contributed by atoms with Crippen molar-refractivity contribution in [2.45, 2.75) is 12.5 Å². The number of nitrogens with one attached hydrogen (secondary N) is 5. The highest BCUT2D eigenvalue weighted by Gasteiger charge is 2.23. The van der Waals surface area contributed by atoms with Crippen molar-refractivity contribution in [1.82, 2.24) is 25.9 Å². The van der Waals surface area contributed by atoms with Crippen molar-refractivity contribution in [2.24, 2.45) is 5.73 Å². The molecule has 7 N–H and O–H groups in total. The molecule has 12 nitrogen and oxygen atoms in total. The van der Waals surface area contributed by atoms with Gasteiger partial charge in [0, 0.05) is 37.0 Å². The van der Waals surface area contributed by atoms with Crippen molar-refractivity contribution in [1.29, 1.82) is 0 Å². The van der Waals surface area contributed by atoms with Gasteiger partial charge in [0.1, 0.15) is 11.6 Å². The number of carbonyl (C=O) groups is 3. The zero-order valence-corrected chi connectivity index (χ0v) is 26.2. The average Bonchev–Trinajstić information content (AvgIpc) is 3.55. The number of aromatic nitrogens is 2. The molecule has 0 bridgehead atoms. The first-order valence-electron chi connectivity index (χ1n) is 13.8. The fourth-order valence-electron chi connectivity index (χ4n) is 4.83. The van der Waals surface area contributed by atoms with Gasteiger partial charge in [-0.25, -0.2) is 4.98 Å². The third-order valence-electron chi connectivity index (χ3n) is 7.10. The third kappa shape index (κ3) is 6.89. The first-order valence-corrected chi connectivity index (χ1v) is 14.9. The zero-order valence-electron chi connectivity index (χ0n) is 24.0. The molecule has 3 amide bonds. The molecule has 2 heterocycles. The van der Waals surface area contributed by atoms with Crippen LogP contribution in [0, 0.1) is 3.57 Å². The summed E-state index contributed by atoms with van der Waals surface area (Å²) in [5.41, 5.74) is 9.13. The van der Waals surface area contributed by atoms with Crippen LogP contribution < -0.4 is 37.1 Å². The van der Waals surface area contributed by atoms with Gasteiger partial charge in [0.05, 0.1) is 27.6 Å². The minimum atomic E-state index is -0.567. The lowest BCUT2D eigenvalue weighted by Crippen LogP contribution is -2.36. The number of nitrogens with two attached hydrogens (primary N) is 1. The van der Waals surface area contributed by atoms with Crippen LogP contribution in [-0.2, 0) is 0 Å². The van der Waals surface area contributed by atoms with Crippen molar-refractivity contribution in [2.75, 3.05) is 37.9 Å². The summed E-state index contributed by atoms with van der Waals surface area (Å²) < 4.78 is 6.44. The lowest BCUT2D eigenvalue weighted by molar-refractivity contribution is 0.0937. The van der Waals surface area contributed by atoms with Gasteiger partial charge >= 0.3 is 0 Å². The Balaban J connectivity index is 1.52. The number of primary amides is 1. The van der Waals surface area contributed by atoms with Crippen LogP contribution >= 0.6 is 22.6 Å². The number of carbonyl (C=O) groups excluding carboxylic acids is 3. The van der Waals surface area contributed by atoms with E-state index >= 15 is 0 Å². The number of nitrogens with zero attached hydrogens (tertiary/aromatic N) is 2. The van der Waals surface area contributed by atoms with Gasteiger partial charge in [-0.3, -0.25) is 14.4 Å². The third-order valence-corrected chi connectivity index (χ3v) is 7.89. The molecule has 0 unspecified atom stereocenters. The number of anilines is 4. The van der Waals surface area contributed by atoms with E-state index < -0.39 is 5.91 Å². The van der Waals surface area contributed by atoms with Gasteiger partial charge in [0.15, 0.2) is 0 Å². The second-order valence-electron chi connectivity index (χ2n) is 9.97. The van der Waals surface area contributed by atoms with Crippen LogP contribution in [0.3, 0.4) is 0 Å². The van der Waals surface area contributed by atoms with Gasteiger partial charge in [-0.15, -0.1) is 0 Å². The van der Waals surface area contributed by atoms with E-state index in [1.807, 2.05) is 0 Å². The highest BCUT2D eigenvalue weighted by molar-refractivity contribution is 14.1. The Morgan fingerprint density at radius 1 is 1.00 bits per heavy atom. The number of halogens is 1. The first kappa shape index (κ1) is 30.7. The normalized spacial score (nSPS) is 14.0. The van der Waals surface area contributed by atoms with Gasteiger partial charge in [-0.1, -0.05) is 24.3 Å². The maximum atomic E-state index is 13.7. The van der Waals surface area contributed by atoms with Crippen LogP contribution in [0.15, 0.2) is 66.9 Å². The minimum absolute atomic E-state index is 0.000862. The Hall–Kier alpha value is -4.76. The highest BCUT2D eigenvalue weighted by atomic mass is 127. The van der Waals surface area contributed by atoms with Crippen LogP contribution in [0.1, 0.15) is 37.5 Å². The quantitative estimate of drug-likeness (QED) is 0.134. The van der Waals surface area contributed by atoms with E-state index in [0.717, 1.165) is 18.5 Å². The van der Waals surface area contributed by atoms with E-state index in [2.05, 4.69) is 59.1 Å². The molecule has 0 radical (unpaired) electrons. The van der Waals surface area contributed by atoms with E-state index in [-0.39, 0.29) is 23.8 Å². The second kappa shape index (κ2) is 13.7. The summed E-state index contributed by atoms with van der Waals surface area (Å²) in [6.45, 7) is 1.52. The number of hydrogen-bond donors (Lipinski definition) is 6. The molecule has 44 heavy (non-hydrogen) atoms. The number of methoxy groups -OCH3 is 1. The maximum Gasteiger partial charge on any atom is 0.252 e. The summed E-state index contributed by atoms with van der Waals surface area (Å²) in [6.07, 6.45) is 2.45. The maximum absolute atomic E-state index is 13.7. The Labute approximate surface area is 267 Å². The monoisotopic (exact) mass is 706 g/mol.